The van der Waals surface area contributed by atoms with Crippen molar-refractivity contribution in [1.29, 1.82) is 0 Å². The predicted molar refractivity (Wildman–Crippen MR) is 176 cm³/mol. The first-order valence-corrected chi connectivity index (χ1v) is 18.0. The topological polar surface area (TPSA) is 15.3 Å². The quantitative estimate of drug-likeness (QED) is 0.224. The third-order valence-electron chi connectivity index (χ3n) is 12.0. The second kappa shape index (κ2) is 12.3. The Hall–Kier alpha value is -1.09. The molecule has 2 bridgehead atoms. The Morgan fingerprint density at radius 1 is 1.00 bits per heavy atom. The molecular weight excluding hydrogens is 504 g/mol. The summed E-state index contributed by atoms with van der Waals surface area (Å²) in [6.07, 6.45) is 19.8. The highest BCUT2D eigenvalue weighted by molar-refractivity contribution is 8.03. The van der Waals surface area contributed by atoms with E-state index in [9.17, 15) is 0 Å². The van der Waals surface area contributed by atoms with E-state index >= 15 is 0 Å². The molecule has 1 aliphatic heterocycles. The molecule has 0 amide bonds. The number of rotatable bonds is 13. The monoisotopic (exact) mass is 564 g/mol. The summed E-state index contributed by atoms with van der Waals surface area (Å²) in [6, 6.07) is 1.27. The first kappa shape index (κ1) is 30.4. The molecule has 1 heterocycles. The van der Waals surface area contributed by atoms with Crippen LogP contribution in [0.3, 0.4) is 0 Å². The van der Waals surface area contributed by atoms with Crippen LogP contribution in [0.5, 0.6) is 0 Å². The van der Waals surface area contributed by atoms with Crippen LogP contribution in [0.2, 0.25) is 0 Å². The molecule has 224 valence electrons. The van der Waals surface area contributed by atoms with Gasteiger partial charge in [0, 0.05) is 45.6 Å². The second-order valence-electron chi connectivity index (χ2n) is 15.2. The summed E-state index contributed by atoms with van der Waals surface area (Å²) >= 11 is 2.16. The number of allylic oxidation sites excluding steroid dienone is 3. The highest BCUT2D eigenvalue weighted by Gasteiger charge is 2.67. The van der Waals surface area contributed by atoms with Gasteiger partial charge in [0.1, 0.15) is 0 Å². The van der Waals surface area contributed by atoms with Crippen molar-refractivity contribution in [3.8, 4) is 0 Å². The number of hydrogen-bond acceptors (Lipinski definition) is 3. The molecule has 0 aromatic heterocycles. The Bertz CT molecular complexity index is 1000. The van der Waals surface area contributed by atoms with Crippen molar-refractivity contribution in [3.05, 3.63) is 47.2 Å². The Labute approximate surface area is 252 Å². The van der Waals surface area contributed by atoms with Crippen molar-refractivity contribution < 1.29 is 0 Å². The van der Waals surface area contributed by atoms with E-state index in [0.29, 0.717) is 17.5 Å². The standard InChI is InChI=1S/C37H60N2S/c1-9-29-21-30-23-37(22-29)24-33(37)34(30)38-27(5)32(10-2)35(40-31-16-12-11-13-17-31)25(3)18-19-36(7,8)28(6)39-20-14-15-26(39)4/h26,29-31,33-34,38H,3,5-6,9-24H2,1-2,4,7-8H3/b35-32-. The zero-order chi connectivity index (χ0) is 28.7. The number of nitrogens with one attached hydrogen (secondary N) is 1. The summed E-state index contributed by atoms with van der Waals surface area (Å²) in [6.45, 7) is 27.2. The van der Waals surface area contributed by atoms with E-state index in [-0.39, 0.29) is 5.41 Å². The molecule has 40 heavy (non-hydrogen) atoms. The average molecular weight is 565 g/mol. The van der Waals surface area contributed by atoms with Crippen LogP contribution in [0.25, 0.3) is 0 Å². The van der Waals surface area contributed by atoms with Crippen molar-refractivity contribution in [3.63, 3.8) is 0 Å². The lowest BCUT2D eigenvalue weighted by Crippen LogP contribution is -2.36. The highest BCUT2D eigenvalue weighted by atomic mass is 32.2. The Kier molecular flexibility index (Phi) is 9.31. The normalized spacial score (nSPS) is 34.3. The van der Waals surface area contributed by atoms with E-state index in [1.165, 1.54) is 111 Å². The largest absolute Gasteiger partial charge is 0.382 e. The number of likely N-dealkylation sites (tertiary alicyclic amines) is 1. The molecule has 5 fully saturated rings. The lowest BCUT2D eigenvalue weighted by molar-refractivity contribution is 0.200. The van der Waals surface area contributed by atoms with Crippen molar-refractivity contribution in [1.82, 2.24) is 10.2 Å². The van der Waals surface area contributed by atoms with Gasteiger partial charge < -0.3 is 10.2 Å². The molecule has 1 spiro atoms. The fourth-order valence-electron chi connectivity index (χ4n) is 9.22. The molecule has 5 aliphatic rings. The average Bonchev–Trinajstić information content (AvgIpc) is 3.34. The van der Waals surface area contributed by atoms with Gasteiger partial charge in [0.15, 0.2) is 0 Å². The lowest BCUT2D eigenvalue weighted by atomic mass is 9.75. The van der Waals surface area contributed by atoms with Crippen LogP contribution in [0.1, 0.15) is 131 Å². The summed E-state index contributed by atoms with van der Waals surface area (Å²) in [7, 11) is 0. The first-order valence-electron chi connectivity index (χ1n) is 17.1. The van der Waals surface area contributed by atoms with Crippen molar-refractivity contribution >= 4 is 11.8 Å². The van der Waals surface area contributed by atoms with Gasteiger partial charge in [0.05, 0.1) is 0 Å². The Morgan fingerprint density at radius 3 is 2.40 bits per heavy atom. The number of fused-ring (bicyclic) bond motifs is 1. The molecule has 2 nitrogen and oxygen atoms in total. The van der Waals surface area contributed by atoms with Gasteiger partial charge >= 0.3 is 0 Å². The maximum absolute atomic E-state index is 4.78. The molecule has 4 aliphatic carbocycles. The molecule has 0 aromatic rings. The summed E-state index contributed by atoms with van der Waals surface area (Å²) in [5.74, 6) is 2.69. The molecule has 6 atom stereocenters. The third kappa shape index (κ3) is 6.16. The van der Waals surface area contributed by atoms with Crippen molar-refractivity contribution in [2.45, 2.75) is 148 Å². The van der Waals surface area contributed by atoms with Crippen LogP contribution in [0.15, 0.2) is 47.2 Å². The SMILES string of the molecule is C=C(NC1C2CC(CC)CC3(C2)CC13)/C(CC)=C(\SC1CCCCC1)C(=C)CCC(C)(C)C(=C)N1CCCC1C. The minimum atomic E-state index is 0.0846. The van der Waals surface area contributed by atoms with Crippen LogP contribution in [-0.4, -0.2) is 28.8 Å². The molecule has 0 aromatic carbocycles. The van der Waals surface area contributed by atoms with E-state index in [0.717, 1.165) is 42.3 Å². The predicted octanol–water partition coefficient (Wildman–Crippen LogP) is 10.4. The van der Waals surface area contributed by atoms with Crippen LogP contribution < -0.4 is 5.32 Å². The van der Waals surface area contributed by atoms with Crippen LogP contribution in [0, 0.1) is 28.6 Å². The Morgan fingerprint density at radius 2 is 1.75 bits per heavy atom. The van der Waals surface area contributed by atoms with Gasteiger partial charge in [-0.05, 0) is 112 Å². The van der Waals surface area contributed by atoms with E-state index in [1.807, 2.05) is 0 Å². The van der Waals surface area contributed by atoms with Gasteiger partial charge in [-0.3, -0.25) is 0 Å². The number of hydrogen-bond donors (Lipinski definition) is 1. The van der Waals surface area contributed by atoms with E-state index in [4.69, 9.17) is 13.2 Å². The summed E-state index contributed by atoms with van der Waals surface area (Å²) in [5.41, 5.74) is 6.10. The molecule has 5 rings (SSSR count). The van der Waals surface area contributed by atoms with Gasteiger partial charge in [0.2, 0.25) is 0 Å². The van der Waals surface area contributed by atoms with Crippen LogP contribution >= 0.6 is 11.8 Å². The molecule has 0 radical (unpaired) electrons. The summed E-state index contributed by atoms with van der Waals surface area (Å²) in [4.78, 5) is 4.05. The molecule has 1 N–H and O–H groups in total. The van der Waals surface area contributed by atoms with E-state index < -0.39 is 0 Å². The molecule has 1 saturated heterocycles. The zero-order valence-corrected chi connectivity index (χ0v) is 27.6. The highest BCUT2D eigenvalue weighted by Crippen LogP contribution is 2.72. The minimum Gasteiger partial charge on any atom is -0.382 e. The summed E-state index contributed by atoms with van der Waals surface area (Å²) in [5, 5.41) is 4.84. The molecule has 6 unspecified atom stereocenters. The fourth-order valence-corrected chi connectivity index (χ4v) is 10.8. The smallest absolute Gasteiger partial charge is 0.0323 e. The van der Waals surface area contributed by atoms with E-state index in [1.54, 1.807) is 0 Å². The minimum absolute atomic E-state index is 0.0846. The van der Waals surface area contributed by atoms with Crippen molar-refractivity contribution in [2.24, 2.45) is 28.6 Å². The maximum Gasteiger partial charge on any atom is 0.0323 e. The number of nitrogens with zero attached hydrogens (tertiary/aromatic N) is 1. The van der Waals surface area contributed by atoms with Gasteiger partial charge in [0.25, 0.3) is 0 Å². The van der Waals surface area contributed by atoms with Gasteiger partial charge in [-0.1, -0.05) is 73.1 Å². The van der Waals surface area contributed by atoms with Crippen LogP contribution in [-0.2, 0) is 0 Å². The lowest BCUT2D eigenvalue weighted by Gasteiger charge is -2.37. The number of thioether (sulfide) groups is 1. The zero-order valence-electron chi connectivity index (χ0n) is 26.8. The van der Waals surface area contributed by atoms with Crippen molar-refractivity contribution in [2.75, 3.05) is 6.54 Å². The molecular formula is C37H60N2S. The molecule has 4 saturated carbocycles. The van der Waals surface area contributed by atoms with Crippen LogP contribution in [0.4, 0.5) is 0 Å². The molecule has 3 heteroatoms. The van der Waals surface area contributed by atoms with E-state index in [2.05, 4.69) is 63.2 Å². The van der Waals surface area contributed by atoms with Gasteiger partial charge in [-0.25, -0.2) is 0 Å². The summed E-state index contributed by atoms with van der Waals surface area (Å²) < 4.78 is 0. The third-order valence-corrected chi connectivity index (χ3v) is 13.6. The van der Waals surface area contributed by atoms with Gasteiger partial charge in [-0.15, -0.1) is 11.8 Å². The van der Waals surface area contributed by atoms with Gasteiger partial charge in [-0.2, -0.15) is 0 Å². The fraction of sp³-hybridized carbons (Fsp3) is 0.784. The second-order valence-corrected chi connectivity index (χ2v) is 16.5. The first-order chi connectivity index (χ1) is 19.1. The maximum atomic E-state index is 4.78. The Balaban J connectivity index is 1.31.